The number of carbonyl (C=O) groups is 1. The SMILES string of the molecule is CC(C)(C)c1csc(CC(=O)c2cnn3ccccc23)n1. The van der Waals surface area contributed by atoms with Gasteiger partial charge in [-0.1, -0.05) is 26.8 Å². The lowest BCUT2D eigenvalue weighted by Crippen LogP contribution is -2.12. The molecule has 3 heterocycles. The van der Waals surface area contributed by atoms with Crippen molar-refractivity contribution < 1.29 is 4.79 Å². The van der Waals surface area contributed by atoms with Crippen LogP contribution in [0, 0.1) is 0 Å². The van der Waals surface area contributed by atoms with Crippen molar-refractivity contribution in [3.63, 3.8) is 0 Å². The van der Waals surface area contributed by atoms with Gasteiger partial charge in [0, 0.05) is 17.0 Å². The highest BCUT2D eigenvalue weighted by atomic mass is 32.1. The van der Waals surface area contributed by atoms with E-state index in [2.05, 4.69) is 30.9 Å². The lowest BCUT2D eigenvalue weighted by Gasteiger charge is -2.14. The third kappa shape index (κ3) is 2.74. The fourth-order valence-corrected chi connectivity index (χ4v) is 3.14. The number of pyridine rings is 1. The standard InChI is InChI=1S/C16H17N3OS/c1-16(2,3)14-10-21-15(18-14)8-13(20)11-9-17-19-7-5-4-6-12(11)19/h4-7,9-10H,8H2,1-3H3. The number of hydrogen-bond donors (Lipinski definition) is 0. The summed E-state index contributed by atoms with van der Waals surface area (Å²) in [5, 5.41) is 7.11. The number of ketones is 1. The molecule has 108 valence electrons. The van der Waals surface area contributed by atoms with Crippen molar-refractivity contribution in [1.29, 1.82) is 0 Å². The zero-order valence-corrected chi connectivity index (χ0v) is 13.1. The highest BCUT2D eigenvalue weighted by Crippen LogP contribution is 2.24. The van der Waals surface area contributed by atoms with E-state index in [4.69, 9.17) is 0 Å². The van der Waals surface area contributed by atoms with Gasteiger partial charge in [0.2, 0.25) is 0 Å². The number of fused-ring (bicyclic) bond motifs is 1. The van der Waals surface area contributed by atoms with Gasteiger partial charge in [-0.25, -0.2) is 9.50 Å². The van der Waals surface area contributed by atoms with Crippen LogP contribution >= 0.6 is 11.3 Å². The van der Waals surface area contributed by atoms with E-state index >= 15 is 0 Å². The summed E-state index contributed by atoms with van der Waals surface area (Å²) < 4.78 is 1.72. The minimum absolute atomic E-state index is 0.0161. The second kappa shape index (κ2) is 5.07. The van der Waals surface area contributed by atoms with Crippen molar-refractivity contribution in [3.8, 4) is 0 Å². The third-order valence-corrected chi connectivity index (χ3v) is 4.21. The molecule has 0 spiro atoms. The molecule has 3 rings (SSSR count). The number of rotatable bonds is 3. The Bertz CT molecular complexity index is 795. The lowest BCUT2D eigenvalue weighted by molar-refractivity contribution is 0.0994. The minimum Gasteiger partial charge on any atom is -0.294 e. The maximum Gasteiger partial charge on any atom is 0.173 e. The number of nitrogens with zero attached hydrogens (tertiary/aromatic N) is 3. The normalized spacial score (nSPS) is 12.0. The Balaban J connectivity index is 1.85. The predicted octanol–water partition coefficient (Wildman–Crippen LogP) is 3.51. The number of aromatic nitrogens is 3. The smallest absolute Gasteiger partial charge is 0.173 e. The monoisotopic (exact) mass is 299 g/mol. The van der Waals surface area contributed by atoms with Crippen LogP contribution in [-0.2, 0) is 11.8 Å². The third-order valence-electron chi connectivity index (χ3n) is 3.36. The van der Waals surface area contributed by atoms with Gasteiger partial charge in [0.1, 0.15) is 5.01 Å². The van der Waals surface area contributed by atoms with Crippen molar-refractivity contribution in [1.82, 2.24) is 14.6 Å². The first-order valence-corrected chi connectivity index (χ1v) is 7.73. The zero-order valence-electron chi connectivity index (χ0n) is 12.3. The summed E-state index contributed by atoms with van der Waals surface area (Å²) in [5.74, 6) is 0.0611. The van der Waals surface area contributed by atoms with Crippen molar-refractivity contribution in [2.75, 3.05) is 0 Å². The summed E-state index contributed by atoms with van der Waals surface area (Å²) in [5.41, 5.74) is 2.55. The van der Waals surface area contributed by atoms with Crippen molar-refractivity contribution in [2.45, 2.75) is 32.6 Å². The molecule has 0 atom stereocenters. The number of Topliss-reactive ketones (excluding diaryl/α,β-unsaturated/α-hetero) is 1. The second-order valence-electron chi connectivity index (χ2n) is 6.07. The number of thiazole rings is 1. The maximum absolute atomic E-state index is 12.5. The van der Waals surface area contributed by atoms with Crippen LogP contribution in [0.5, 0.6) is 0 Å². The van der Waals surface area contributed by atoms with Crippen LogP contribution < -0.4 is 0 Å². The zero-order chi connectivity index (χ0) is 15.0. The molecule has 0 aromatic carbocycles. The van der Waals surface area contributed by atoms with Crippen LogP contribution in [0.4, 0.5) is 0 Å². The van der Waals surface area contributed by atoms with Crippen LogP contribution in [0.25, 0.3) is 5.52 Å². The molecule has 21 heavy (non-hydrogen) atoms. The fraction of sp³-hybridized carbons (Fsp3) is 0.312. The van der Waals surface area contributed by atoms with Gasteiger partial charge in [-0.15, -0.1) is 11.3 Å². The average molecular weight is 299 g/mol. The van der Waals surface area contributed by atoms with Crippen LogP contribution in [0.15, 0.2) is 36.0 Å². The molecule has 0 radical (unpaired) electrons. The highest BCUT2D eigenvalue weighted by Gasteiger charge is 2.19. The molecule has 5 heteroatoms. The van der Waals surface area contributed by atoms with Gasteiger partial charge in [0.15, 0.2) is 5.78 Å². The summed E-state index contributed by atoms with van der Waals surface area (Å²) in [6.07, 6.45) is 3.81. The van der Waals surface area contributed by atoms with Gasteiger partial charge in [-0.05, 0) is 12.1 Å². The summed E-state index contributed by atoms with van der Waals surface area (Å²) in [6.45, 7) is 6.37. The van der Waals surface area contributed by atoms with Crippen molar-refractivity contribution in [2.24, 2.45) is 0 Å². The topological polar surface area (TPSA) is 47.3 Å². The van der Waals surface area contributed by atoms with Crippen molar-refractivity contribution >= 4 is 22.6 Å². The largest absolute Gasteiger partial charge is 0.294 e. The predicted molar refractivity (Wildman–Crippen MR) is 84.0 cm³/mol. The molecule has 0 bridgehead atoms. The van der Waals surface area contributed by atoms with E-state index in [1.165, 1.54) is 0 Å². The maximum atomic E-state index is 12.5. The van der Waals surface area contributed by atoms with Crippen LogP contribution in [0.2, 0.25) is 0 Å². The van der Waals surface area contributed by atoms with E-state index in [0.29, 0.717) is 12.0 Å². The first-order valence-electron chi connectivity index (χ1n) is 6.85. The molecule has 0 saturated heterocycles. The van der Waals surface area contributed by atoms with Crippen LogP contribution in [-0.4, -0.2) is 20.4 Å². The average Bonchev–Trinajstić information content (AvgIpc) is 3.03. The Hall–Kier alpha value is -2.01. The molecular formula is C16H17N3OS. The number of carbonyl (C=O) groups excluding carboxylic acids is 1. The van der Waals surface area contributed by atoms with E-state index in [1.54, 1.807) is 22.0 Å². The Morgan fingerprint density at radius 3 is 2.86 bits per heavy atom. The van der Waals surface area contributed by atoms with Gasteiger partial charge < -0.3 is 0 Å². The van der Waals surface area contributed by atoms with E-state index in [9.17, 15) is 4.79 Å². The molecule has 0 aliphatic heterocycles. The summed E-state index contributed by atoms with van der Waals surface area (Å²) in [7, 11) is 0. The van der Waals surface area contributed by atoms with Crippen molar-refractivity contribution in [3.05, 3.63) is 52.2 Å². The minimum atomic E-state index is 0.0161. The molecule has 0 saturated carbocycles. The van der Waals surface area contributed by atoms with Gasteiger partial charge in [-0.2, -0.15) is 5.10 Å². The Morgan fingerprint density at radius 1 is 1.33 bits per heavy atom. The van der Waals surface area contributed by atoms with E-state index < -0.39 is 0 Å². The number of hydrogen-bond acceptors (Lipinski definition) is 4. The van der Waals surface area contributed by atoms with E-state index in [0.717, 1.165) is 16.2 Å². The highest BCUT2D eigenvalue weighted by molar-refractivity contribution is 7.09. The molecule has 0 fully saturated rings. The van der Waals surface area contributed by atoms with Crippen LogP contribution in [0.3, 0.4) is 0 Å². The molecule has 0 aliphatic carbocycles. The van der Waals surface area contributed by atoms with Gasteiger partial charge in [0.05, 0.1) is 29.4 Å². The van der Waals surface area contributed by atoms with Gasteiger partial charge in [-0.3, -0.25) is 4.79 Å². The molecule has 0 amide bonds. The summed E-state index contributed by atoms with van der Waals surface area (Å²) in [6, 6.07) is 5.71. The molecule has 0 aliphatic rings. The fourth-order valence-electron chi connectivity index (χ4n) is 2.12. The van der Waals surface area contributed by atoms with Crippen LogP contribution in [0.1, 0.15) is 41.8 Å². The summed E-state index contributed by atoms with van der Waals surface area (Å²) >= 11 is 1.55. The Morgan fingerprint density at radius 2 is 2.14 bits per heavy atom. The molecule has 0 N–H and O–H groups in total. The van der Waals surface area contributed by atoms with E-state index in [-0.39, 0.29) is 11.2 Å². The Kier molecular flexibility index (Phi) is 3.37. The molecule has 3 aromatic rings. The second-order valence-corrected chi connectivity index (χ2v) is 7.01. The molecule has 4 nitrogen and oxygen atoms in total. The van der Waals surface area contributed by atoms with Gasteiger partial charge >= 0.3 is 0 Å². The Labute approximate surface area is 127 Å². The molecule has 3 aromatic heterocycles. The summed E-state index contributed by atoms with van der Waals surface area (Å²) in [4.78, 5) is 17.0. The van der Waals surface area contributed by atoms with E-state index in [1.807, 2.05) is 29.8 Å². The quantitative estimate of drug-likeness (QED) is 0.695. The lowest BCUT2D eigenvalue weighted by atomic mass is 9.93. The first-order chi connectivity index (χ1) is 9.95. The first kappa shape index (κ1) is 13.9. The molecular weight excluding hydrogens is 282 g/mol. The van der Waals surface area contributed by atoms with Gasteiger partial charge in [0.25, 0.3) is 0 Å². The molecule has 0 unspecified atom stereocenters.